The van der Waals surface area contributed by atoms with Crippen LogP contribution in [0.5, 0.6) is 0 Å². The van der Waals surface area contributed by atoms with E-state index in [9.17, 15) is 8.78 Å². The molecule has 1 aromatic carbocycles. The van der Waals surface area contributed by atoms with Crippen LogP contribution in [0.4, 0.5) is 8.78 Å². The standard InChI is InChI=1S/C16H10BrF2N5/c17-14-13(22-16-21-2-1-4-24(14)16)9-23-5-3-20-15(23)10-6-11(18)8-12(19)7-10/h1-8H,9H2. The number of benzene rings is 1. The van der Waals surface area contributed by atoms with Crippen molar-refractivity contribution in [1.82, 2.24) is 23.9 Å². The topological polar surface area (TPSA) is 48.0 Å². The molecule has 0 unspecified atom stereocenters. The zero-order valence-electron chi connectivity index (χ0n) is 12.2. The van der Waals surface area contributed by atoms with Gasteiger partial charge in [0.2, 0.25) is 5.78 Å². The minimum Gasteiger partial charge on any atom is -0.325 e. The SMILES string of the molecule is Fc1cc(F)cc(-c2nccn2Cc2nc3ncccn3c2Br)c1. The summed E-state index contributed by atoms with van der Waals surface area (Å²) in [5.41, 5.74) is 1.11. The molecule has 0 aliphatic carbocycles. The molecule has 0 saturated carbocycles. The van der Waals surface area contributed by atoms with Gasteiger partial charge in [-0.15, -0.1) is 0 Å². The average molecular weight is 390 g/mol. The maximum absolute atomic E-state index is 13.5. The van der Waals surface area contributed by atoms with Crippen molar-refractivity contribution in [3.05, 3.63) is 71.0 Å². The van der Waals surface area contributed by atoms with Crippen LogP contribution >= 0.6 is 15.9 Å². The molecular weight excluding hydrogens is 380 g/mol. The Bertz CT molecular complexity index is 1020. The molecule has 24 heavy (non-hydrogen) atoms. The summed E-state index contributed by atoms with van der Waals surface area (Å²) in [6.45, 7) is 0.386. The molecular formula is C16H10BrF2N5. The van der Waals surface area contributed by atoms with E-state index in [2.05, 4.69) is 30.9 Å². The second kappa shape index (κ2) is 5.79. The number of fused-ring (bicyclic) bond motifs is 1. The van der Waals surface area contributed by atoms with Gasteiger partial charge < -0.3 is 4.57 Å². The number of aromatic nitrogens is 5. The first-order chi connectivity index (χ1) is 11.6. The fourth-order valence-electron chi connectivity index (χ4n) is 2.55. The molecule has 3 aromatic heterocycles. The van der Waals surface area contributed by atoms with Gasteiger partial charge in [-0.05, 0) is 34.1 Å². The van der Waals surface area contributed by atoms with E-state index in [4.69, 9.17) is 0 Å². The third kappa shape index (κ3) is 2.58. The Morgan fingerprint density at radius 2 is 1.79 bits per heavy atom. The first kappa shape index (κ1) is 14.9. The Morgan fingerprint density at radius 3 is 2.54 bits per heavy atom. The molecule has 5 nitrogen and oxygen atoms in total. The van der Waals surface area contributed by atoms with Gasteiger partial charge in [0.1, 0.15) is 22.1 Å². The van der Waals surface area contributed by atoms with E-state index in [0.717, 1.165) is 16.4 Å². The lowest BCUT2D eigenvalue weighted by atomic mass is 10.2. The van der Waals surface area contributed by atoms with Gasteiger partial charge >= 0.3 is 0 Å². The van der Waals surface area contributed by atoms with Crippen LogP contribution in [0, 0.1) is 11.6 Å². The van der Waals surface area contributed by atoms with Crippen LogP contribution in [0.2, 0.25) is 0 Å². The summed E-state index contributed by atoms with van der Waals surface area (Å²) in [5, 5.41) is 0. The number of imidazole rings is 2. The van der Waals surface area contributed by atoms with Crippen molar-refractivity contribution in [3.8, 4) is 11.4 Å². The van der Waals surface area contributed by atoms with E-state index in [1.54, 1.807) is 29.2 Å². The summed E-state index contributed by atoms with van der Waals surface area (Å²) in [5.74, 6) is -0.251. The Hall–Kier alpha value is -2.61. The number of halogens is 3. The third-order valence-electron chi connectivity index (χ3n) is 3.57. The lowest BCUT2D eigenvalue weighted by molar-refractivity contribution is 0.583. The van der Waals surface area contributed by atoms with Crippen molar-refractivity contribution in [2.75, 3.05) is 0 Å². The molecule has 0 saturated heterocycles. The van der Waals surface area contributed by atoms with Gasteiger partial charge in [-0.2, -0.15) is 0 Å². The molecule has 0 aliphatic heterocycles. The second-order valence-electron chi connectivity index (χ2n) is 5.18. The summed E-state index contributed by atoms with van der Waals surface area (Å²) >= 11 is 3.51. The maximum atomic E-state index is 13.5. The first-order valence-electron chi connectivity index (χ1n) is 7.07. The Kier molecular flexibility index (Phi) is 3.61. The van der Waals surface area contributed by atoms with Gasteiger partial charge in [-0.25, -0.2) is 23.7 Å². The van der Waals surface area contributed by atoms with Gasteiger partial charge in [-0.1, -0.05) is 0 Å². The zero-order chi connectivity index (χ0) is 16.7. The Balaban J connectivity index is 1.76. The lowest BCUT2D eigenvalue weighted by Gasteiger charge is -2.07. The quantitative estimate of drug-likeness (QED) is 0.536. The van der Waals surface area contributed by atoms with Crippen LogP contribution in [-0.4, -0.2) is 23.9 Å². The van der Waals surface area contributed by atoms with Gasteiger partial charge in [0.25, 0.3) is 0 Å². The molecule has 4 aromatic rings. The highest BCUT2D eigenvalue weighted by atomic mass is 79.9. The molecule has 4 rings (SSSR count). The van der Waals surface area contributed by atoms with Crippen molar-refractivity contribution >= 4 is 21.7 Å². The Morgan fingerprint density at radius 1 is 1.00 bits per heavy atom. The van der Waals surface area contributed by atoms with Crippen LogP contribution in [0.25, 0.3) is 17.2 Å². The summed E-state index contributed by atoms with van der Waals surface area (Å²) in [6, 6.07) is 5.15. The first-order valence-corrected chi connectivity index (χ1v) is 7.86. The van der Waals surface area contributed by atoms with E-state index >= 15 is 0 Å². The summed E-state index contributed by atoms with van der Waals surface area (Å²) < 4.78 is 31.3. The van der Waals surface area contributed by atoms with E-state index in [1.165, 1.54) is 12.1 Å². The zero-order valence-corrected chi connectivity index (χ0v) is 13.8. The van der Waals surface area contributed by atoms with Crippen LogP contribution in [0.3, 0.4) is 0 Å². The smallest absolute Gasteiger partial charge is 0.234 e. The fraction of sp³-hybridized carbons (Fsp3) is 0.0625. The third-order valence-corrected chi connectivity index (χ3v) is 4.41. The lowest BCUT2D eigenvalue weighted by Crippen LogP contribution is -2.02. The number of hydrogen-bond donors (Lipinski definition) is 0. The van der Waals surface area contributed by atoms with E-state index in [-0.39, 0.29) is 0 Å². The predicted molar refractivity (Wildman–Crippen MR) is 87.4 cm³/mol. The van der Waals surface area contributed by atoms with E-state index < -0.39 is 11.6 Å². The molecule has 0 spiro atoms. The van der Waals surface area contributed by atoms with Gasteiger partial charge in [0.05, 0.1) is 12.2 Å². The molecule has 8 heteroatoms. The molecule has 0 radical (unpaired) electrons. The number of hydrogen-bond acceptors (Lipinski definition) is 3. The van der Waals surface area contributed by atoms with Crippen molar-refractivity contribution in [2.24, 2.45) is 0 Å². The van der Waals surface area contributed by atoms with Crippen molar-refractivity contribution in [3.63, 3.8) is 0 Å². The molecule has 0 bridgehead atoms. The van der Waals surface area contributed by atoms with E-state index in [1.807, 2.05) is 10.6 Å². The fourth-order valence-corrected chi connectivity index (χ4v) is 3.04. The van der Waals surface area contributed by atoms with Crippen molar-refractivity contribution in [1.29, 1.82) is 0 Å². The molecule has 3 heterocycles. The van der Waals surface area contributed by atoms with Crippen LogP contribution in [0.15, 0.2) is 53.7 Å². The van der Waals surface area contributed by atoms with E-state index in [0.29, 0.717) is 23.7 Å². The molecule has 120 valence electrons. The molecule has 0 aliphatic rings. The maximum Gasteiger partial charge on any atom is 0.234 e. The van der Waals surface area contributed by atoms with Gasteiger partial charge in [0, 0.05) is 36.4 Å². The van der Waals surface area contributed by atoms with Crippen molar-refractivity contribution in [2.45, 2.75) is 6.54 Å². The summed E-state index contributed by atoms with van der Waals surface area (Å²) in [6.07, 6.45) is 6.83. The molecule has 0 fully saturated rings. The Labute approximate surface area is 143 Å². The van der Waals surface area contributed by atoms with Crippen LogP contribution < -0.4 is 0 Å². The monoisotopic (exact) mass is 389 g/mol. The normalized spacial score (nSPS) is 11.3. The summed E-state index contributed by atoms with van der Waals surface area (Å²) in [7, 11) is 0. The average Bonchev–Trinajstić information content (AvgIpc) is 3.13. The van der Waals surface area contributed by atoms with Crippen molar-refractivity contribution < 1.29 is 8.78 Å². The molecule has 0 N–H and O–H groups in total. The highest BCUT2D eigenvalue weighted by molar-refractivity contribution is 9.10. The largest absolute Gasteiger partial charge is 0.325 e. The summed E-state index contributed by atoms with van der Waals surface area (Å²) in [4.78, 5) is 12.9. The minimum atomic E-state index is -0.641. The predicted octanol–water partition coefficient (Wildman–Crippen LogP) is 3.68. The highest BCUT2D eigenvalue weighted by Crippen LogP contribution is 2.23. The van der Waals surface area contributed by atoms with Gasteiger partial charge in [0.15, 0.2) is 0 Å². The van der Waals surface area contributed by atoms with Gasteiger partial charge in [-0.3, -0.25) is 4.40 Å². The van der Waals surface area contributed by atoms with Crippen LogP contribution in [0.1, 0.15) is 5.69 Å². The highest BCUT2D eigenvalue weighted by Gasteiger charge is 2.14. The molecule has 0 amide bonds. The number of rotatable bonds is 3. The molecule has 0 atom stereocenters. The van der Waals surface area contributed by atoms with Crippen LogP contribution in [-0.2, 0) is 6.54 Å². The number of nitrogens with zero attached hydrogens (tertiary/aromatic N) is 5. The second-order valence-corrected chi connectivity index (χ2v) is 5.93. The minimum absolute atomic E-state index is 0.371.